The number of nitrogens with one attached hydrogen (secondary N) is 2. The molecule has 0 bridgehead atoms. The van der Waals surface area contributed by atoms with Crippen LogP contribution in [0.4, 0.5) is 11.4 Å². The largest absolute Gasteiger partial charge is 0.379 e. The van der Waals surface area contributed by atoms with Crippen LogP contribution >= 0.6 is 0 Å². The van der Waals surface area contributed by atoms with Gasteiger partial charge in [0.1, 0.15) is 0 Å². The van der Waals surface area contributed by atoms with E-state index < -0.39 is 4.92 Å². The smallest absolute Gasteiger partial charge is 0.274 e. The molecule has 21 heavy (non-hydrogen) atoms. The molecule has 2 atom stereocenters. The van der Waals surface area contributed by atoms with Crippen LogP contribution in [0, 0.1) is 23.0 Å². The third kappa shape index (κ3) is 3.56. The Kier molecular flexibility index (Phi) is 4.87. The molecule has 1 aliphatic rings. The number of ether oxygens (including phenoxy) is 1. The third-order valence-electron chi connectivity index (χ3n) is 3.56. The van der Waals surface area contributed by atoms with Crippen molar-refractivity contribution >= 4 is 17.3 Å². The lowest BCUT2D eigenvalue weighted by molar-refractivity contribution is -0.385. The van der Waals surface area contributed by atoms with E-state index in [2.05, 4.69) is 10.6 Å². The zero-order chi connectivity index (χ0) is 15.4. The molecule has 1 fully saturated rings. The minimum Gasteiger partial charge on any atom is -0.379 e. The van der Waals surface area contributed by atoms with Gasteiger partial charge in [0.05, 0.1) is 24.1 Å². The van der Waals surface area contributed by atoms with E-state index in [1.165, 1.54) is 6.07 Å². The van der Waals surface area contributed by atoms with E-state index in [-0.39, 0.29) is 23.6 Å². The quantitative estimate of drug-likeness (QED) is 0.633. The summed E-state index contributed by atoms with van der Waals surface area (Å²) in [7, 11) is 0. The van der Waals surface area contributed by atoms with E-state index in [1.807, 2.05) is 6.92 Å². The summed E-state index contributed by atoms with van der Waals surface area (Å²) < 4.78 is 5.33. The van der Waals surface area contributed by atoms with Crippen molar-refractivity contribution in [2.45, 2.75) is 19.9 Å². The number of hydrogen-bond acceptors (Lipinski definition) is 5. The summed E-state index contributed by atoms with van der Waals surface area (Å²) in [5, 5.41) is 16.9. The number of nitro groups is 1. The van der Waals surface area contributed by atoms with Gasteiger partial charge in [0.25, 0.3) is 5.69 Å². The van der Waals surface area contributed by atoms with E-state index >= 15 is 0 Å². The van der Waals surface area contributed by atoms with Crippen LogP contribution in [0.3, 0.4) is 0 Å². The average molecular weight is 293 g/mol. The molecule has 0 aromatic heterocycles. The summed E-state index contributed by atoms with van der Waals surface area (Å²) in [5.41, 5.74) is 0.992. The van der Waals surface area contributed by atoms with E-state index in [0.717, 1.165) is 6.54 Å². The molecule has 1 saturated heterocycles. The molecule has 2 N–H and O–H groups in total. The van der Waals surface area contributed by atoms with Gasteiger partial charge >= 0.3 is 0 Å². The fourth-order valence-corrected chi connectivity index (χ4v) is 2.39. The zero-order valence-corrected chi connectivity index (χ0v) is 12.1. The summed E-state index contributed by atoms with van der Waals surface area (Å²) in [6.45, 7) is 5.25. The Hall–Kier alpha value is -1.99. The van der Waals surface area contributed by atoms with Gasteiger partial charge < -0.3 is 15.4 Å². The van der Waals surface area contributed by atoms with Crippen LogP contribution in [0.1, 0.15) is 12.5 Å². The number of amides is 1. The second kappa shape index (κ2) is 6.64. The van der Waals surface area contributed by atoms with Crippen molar-refractivity contribution in [1.29, 1.82) is 0 Å². The fourth-order valence-electron chi connectivity index (χ4n) is 2.39. The van der Waals surface area contributed by atoms with E-state index in [9.17, 15) is 14.9 Å². The molecule has 1 amide bonds. The first-order chi connectivity index (χ1) is 10.0. The lowest BCUT2D eigenvalue weighted by atomic mass is 10.0. The molecule has 7 nitrogen and oxygen atoms in total. The highest BCUT2D eigenvalue weighted by Crippen LogP contribution is 2.23. The van der Waals surface area contributed by atoms with Crippen molar-refractivity contribution in [3.05, 3.63) is 33.9 Å². The number of anilines is 1. The van der Waals surface area contributed by atoms with Crippen LogP contribution in [0.25, 0.3) is 0 Å². The van der Waals surface area contributed by atoms with Gasteiger partial charge in [-0.25, -0.2) is 0 Å². The van der Waals surface area contributed by atoms with Crippen LogP contribution in [0.5, 0.6) is 0 Å². The maximum Gasteiger partial charge on any atom is 0.274 e. The van der Waals surface area contributed by atoms with E-state index in [0.29, 0.717) is 24.5 Å². The number of hydrogen-bond donors (Lipinski definition) is 2. The highest BCUT2D eigenvalue weighted by Gasteiger charge is 2.33. The lowest BCUT2D eigenvalue weighted by Crippen LogP contribution is -2.41. The van der Waals surface area contributed by atoms with Gasteiger partial charge in [-0.2, -0.15) is 0 Å². The molecular formula is C14H19N3O4. The normalized spacial score (nSPS) is 21.2. The highest BCUT2D eigenvalue weighted by atomic mass is 16.6. The number of rotatable bonds is 5. The first-order valence-corrected chi connectivity index (χ1v) is 6.90. The molecule has 1 aromatic carbocycles. The monoisotopic (exact) mass is 293 g/mol. The molecule has 1 aromatic rings. The Balaban J connectivity index is 2.09. The molecule has 7 heteroatoms. The number of aryl methyl sites for hydroxylation is 1. The van der Waals surface area contributed by atoms with Gasteiger partial charge in [0.15, 0.2) is 0 Å². The minimum atomic E-state index is -0.453. The van der Waals surface area contributed by atoms with Gasteiger partial charge in [-0.05, 0) is 19.5 Å². The van der Waals surface area contributed by atoms with Crippen LogP contribution in [0.2, 0.25) is 0 Å². The van der Waals surface area contributed by atoms with Gasteiger partial charge in [0.2, 0.25) is 5.91 Å². The Morgan fingerprint density at radius 2 is 2.24 bits per heavy atom. The van der Waals surface area contributed by atoms with E-state index in [1.54, 1.807) is 19.1 Å². The van der Waals surface area contributed by atoms with Crippen LogP contribution in [-0.2, 0) is 9.53 Å². The second-order valence-electron chi connectivity index (χ2n) is 5.06. The Labute approximate surface area is 122 Å². The van der Waals surface area contributed by atoms with Crippen molar-refractivity contribution in [2.24, 2.45) is 5.92 Å². The molecule has 1 heterocycles. The summed E-state index contributed by atoms with van der Waals surface area (Å²) in [6.07, 6.45) is 0. The van der Waals surface area contributed by atoms with E-state index in [4.69, 9.17) is 4.74 Å². The van der Waals surface area contributed by atoms with Crippen molar-refractivity contribution in [1.82, 2.24) is 5.32 Å². The number of nitrogens with zero attached hydrogens (tertiary/aromatic N) is 1. The van der Waals surface area contributed by atoms with Crippen LogP contribution in [-0.4, -0.2) is 36.6 Å². The number of benzene rings is 1. The Morgan fingerprint density at radius 1 is 1.48 bits per heavy atom. The molecule has 0 radical (unpaired) electrons. The topological polar surface area (TPSA) is 93.5 Å². The summed E-state index contributed by atoms with van der Waals surface area (Å²) in [6, 6.07) is 4.65. The minimum absolute atomic E-state index is 0.00120. The second-order valence-corrected chi connectivity index (χ2v) is 5.06. The predicted molar refractivity (Wildman–Crippen MR) is 78.2 cm³/mol. The third-order valence-corrected chi connectivity index (χ3v) is 3.56. The van der Waals surface area contributed by atoms with Crippen molar-refractivity contribution in [3.63, 3.8) is 0 Å². The van der Waals surface area contributed by atoms with Crippen LogP contribution in [0.15, 0.2) is 18.2 Å². The first-order valence-electron chi connectivity index (χ1n) is 6.90. The number of carbonyl (C=O) groups excluding carboxylic acids is 1. The van der Waals surface area contributed by atoms with Gasteiger partial charge in [-0.15, -0.1) is 0 Å². The molecule has 0 spiro atoms. The molecule has 0 aliphatic carbocycles. The standard InChI is InChI=1S/C14H19N3O4/c1-3-15-12-8-21-7-11(12)14(18)16-10-5-4-9(2)13(6-10)17(19)20/h4-6,11-12,15H,3,7-8H2,1-2H3,(H,16,18). The maximum absolute atomic E-state index is 12.3. The van der Waals surface area contributed by atoms with Crippen molar-refractivity contribution < 1.29 is 14.5 Å². The fraction of sp³-hybridized carbons (Fsp3) is 0.500. The first kappa shape index (κ1) is 15.4. The molecule has 114 valence electrons. The SMILES string of the molecule is CCNC1COCC1C(=O)Nc1ccc(C)c([N+](=O)[O-])c1. The number of carbonyl (C=O) groups is 1. The number of nitro benzene ring substituents is 1. The molecule has 1 aliphatic heterocycles. The van der Waals surface area contributed by atoms with Crippen molar-refractivity contribution in [2.75, 3.05) is 25.1 Å². The van der Waals surface area contributed by atoms with Gasteiger partial charge in [-0.1, -0.05) is 13.0 Å². The van der Waals surface area contributed by atoms with Crippen LogP contribution < -0.4 is 10.6 Å². The highest BCUT2D eigenvalue weighted by molar-refractivity contribution is 5.93. The van der Waals surface area contributed by atoms with Crippen molar-refractivity contribution in [3.8, 4) is 0 Å². The predicted octanol–water partition coefficient (Wildman–Crippen LogP) is 1.47. The Bertz CT molecular complexity index is 547. The average Bonchev–Trinajstić information content (AvgIpc) is 2.89. The molecule has 2 rings (SSSR count). The molecule has 0 saturated carbocycles. The summed E-state index contributed by atoms with van der Waals surface area (Å²) >= 11 is 0. The lowest BCUT2D eigenvalue weighted by Gasteiger charge is -2.17. The summed E-state index contributed by atoms with van der Waals surface area (Å²) in [5.74, 6) is -0.470. The zero-order valence-electron chi connectivity index (χ0n) is 12.1. The molecule has 2 unspecified atom stereocenters. The molecular weight excluding hydrogens is 274 g/mol. The van der Waals surface area contributed by atoms with Gasteiger partial charge in [-0.3, -0.25) is 14.9 Å². The Morgan fingerprint density at radius 3 is 2.90 bits per heavy atom. The van der Waals surface area contributed by atoms with Gasteiger partial charge in [0, 0.05) is 23.4 Å². The summed E-state index contributed by atoms with van der Waals surface area (Å²) in [4.78, 5) is 22.7. The maximum atomic E-state index is 12.3. The number of likely N-dealkylation sites (N-methyl/N-ethyl adjacent to an activating group) is 1.